The lowest BCUT2D eigenvalue weighted by Gasteiger charge is -1.96. The Labute approximate surface area is 112 Å². The number of benzene rings is 1. The van der Waals surface area contributed by atoms with Crippen LogP contribution in [0.4, 0.5) is 0 Å². The van der Waals surface area contributed by atoms with E-state index in [9.17, 15) is 4.79 Å². The summed E-state index contributed by atoms with van der Waals surface area (Å²) in [4.78, 5) is 16.6. The molecule has 0 atom stereocenters. The van der Waals surface area contributed by atoms with Crippen molar-refractivity contribution in [2.24, 2.45) is 0 Å². The van der Waals surface area contributed by atoms with Gasteiger partial charge in [-0.25, -0.2) is 9.78 Å². The van der Waals surface area contributed by atoms with E-state index < -0.39 is 5.97 Å². The van der Waals surface area contributed by atoms with Crippen molar-refractivity contribution in [3.63, 3.8) is 0 Å². The maximum absolute atomic E-state index is 11.6. The van der Waals surface area contributed by atoms with Gasteiger partial charge in [-0.15, -0.1) is 0 Å². The summed E-state index contributed by atoms with van der Waals surface area (Å²) in [6, 6.07) is 5.66. The van der Waals surface area contributed by atoms with Crippen LogP contribution in [-0.2, 0) is 4.74 Å². The number of ether oxygens (including phenoxy) is 1. The Balaban J connectivity index is 2.20. The molecule has 92 valence electrons. The molecule has 0 saturated heterocycles. The molecule has 2 heterocycles. The lowest BCUT2D eigenvalue weighted by Crippen LogP contribution is -2.04. The van der Waals surface area contributed by atoms with Crippen molar-refractivity contribution in [3.8, 4) is 0 Å². The average molecular weight is 281 g/mol. The lowest BCUT2D eigenvalue weighted by molar-refractivity contribution is 0.0520. The molecule has 0 N–H and O–H groups in total. The van der Waals surface area contributed by atoms with Gasteiger partial charge in [0.2, 0.25) is 0 Å². The molecule has 18 heavy (non-hydrogen) atoms. The van der Waals surface area contributed by atoms with Gasteiger partial charge in [-0.1, -0.05) is 29.0 Å². The molecular formula is C12H9ClN2O2S. The van der Waals surface area contributed by atoms with E-state index in [2.05, 4.69) is 4.98 Å². The van der Waals surface area contributed by atoms with E-state index in [0.717, 1.165) is 15.2 Å². The summed E-state index contributed by atoms with van der Waals surface area (Å²) in [5.41, 5.74) is 1.27. The average Bonchev–Trinajstić information content (AvgIpc) is 2.88. The van der Waals surface area contributed by atoms with Gasteiger partial charge in [0, 0.05) is 6.20 Å². The second-order valence-corrected chi connectivity index (χ2v) is 5.07. The summed E-state index contributed by atoms with van der Waals surface area (Å²) < 4.78 is 7.76. The quantitative estimate of drug-likeness (QED) is 0.676. The lowest BCUT2D eigenvalue weighted by atomic mass is 10.3. The van der Waals surface area contributed by atoms with Crippen LogP contribution in [-0.4, -0.2) is 22.0 Å². The minimum absolute atomic E-state index is 0.324. The Morgan fingerprint density at radius 1 is 1.56 bits per heavy atom. The number of carbonyl (C=O) groups excluding carboxylic acids is 1. The molecule has 0 radical (unpaired) electrons. The molecule has 0 unspecified atom stereocenters. The number of imidazole rings is 1. The van der Waals surface area contributed by atoms with Crippen LogP contribution < -0.4 is 0 Å². The number of carbonyl (C=O) groups is 1. The largest absolute Gasteiger partial charge is 0.461 e. The van der Waals surface area contributed by atoms with Crippen LogP contribution in [0.15, 0.2) is 24.4 Å². The molecule has 6 heteroatoms. The van der Waals surface area contributed by atoms with Crippen LogP contribution in [0.5, 0.6) is 0 Å². The normalized spacial score (nSPS) is 11.2. The van der Waals surface area contributed by atoms with Gasteiger partial charge in [0.25, 0.3) is 0 Å². The molecule has 0 aliphatic rings. The molecule has 0 spiro atoms. The number of esters is 1. The van der Waals surface area contributed by atoms with Gasteiger partial charge in [0.05, 0.1) is 21.8 Å². The van der Waals surface area contributed by atoms with E-state index in [4.69, 9.17) is 16.3 Å². The highest BCUT2D eigenvalue weighted by Crippen LogP contribution is 2.31. The highest BCUT2D eigenvalue weighted by Gasteiger charge is 2.15. The summed E-state index contributed by atoms with van der Waals surface area (Å²) in [6.07, 6.45) is 1.68. The molecule has 3 rings (SSSR count). The fraction of sp³-hybridized carbons (Fsp3) is 0.167. The van der Waals surface area contributed by atoms with E-state index in [1.54, 1.807) is 13.1 Å². The SMILES string of the molecule is CCOC(=O)c1cn2c(n1)sc1c(Cl)cccc12. The minimum atomic E-state index is -0.399. The zero-order valence-corrected chi connectivity index (χ0v) is 11.1. The van der Waals surface area contributed by atoms with Crippen molar-refractivity contribution in [2.75, 3.05) is 6.61 Å². The first-order valence-corrected chi connectivity index (χ1v) is 6.63. The Bertz CT molecular complexity index is 747. The van der Waals surface area contributed by atoms with Gasteiger partial charge in [0.15, 0.2) is 10.7 Å². The number of rotatable bonds is 2. The first-order valence-electron chi connectivity index (χ1n) is 5.44. The minimum Gasteiger partial charge on any atom is -0.461 e. The van der Waals surface area contributed by atoms with Gasteiger partial charge < -0.3 is 4.74 Å². The monoisotopic (exact) mass is 280 g/mol. The van der Waals surface area contributed by atoms with Crippen molar-refractivity contribution in [2.45, 2.75) is 6.92 Å². The summed E-state index contributed by atoms with van der Waals surface area (Å²) in [7, 11) is 0. The van der Waals surface area contributed by atoms with Crippen molar-refractivity contribution in [1.29, 1.82) is 0 Å². The van der Waals surface area contributed by atoms with E-state index in [0.29, 0.717) is 17.3 Å². The highest BCUT2D eigenvalue weighted by atomic mass is 35.5. The topological polar surface area (TPSA) is 43.6 Å². The molecule has 1 aromatic carbocycles. The van der Waals surface area contributed by atoms with Gasteiger partial charge in [0.1, 0.15) is 0 Å². The first-order chi connectivity index (χ1) is 8.70. The zero-order valence-electron chi connectivity index (χ0n) is 9.51. The molecule has 2 aromatic heterocycles. The fourth-order valence-corrected chi connectivity index (χ4v) is 3.09. The Morgan fingerprint density at radius 3 is 3.17 bits per heavy atom. The highest BCUT2D eigenvalue weighted by molar-refractivity contribution is 7.24. The number of aromatic nitrogens is 2. The maximum Gasteiger partial charge on any atom is 0.358 e. The van der Waals surface area contributed by atoms with Crippen molar-refractivity contribution < 1.29 is 9.53 Å². The maximum atomic E-state index is 11.6. The van der Waals surface area contributed by atoms with Crippen LogP contribution in [0.25, 0.3) is 15.2 Å². The van der Waals surface area contributed by atoms with Gasteiger partial charge >= 0.3 is 5.97 Å². The van der Waals surface area contributed by atoms with Crippen LogP contribution in [0, 0.1) is 0 Å². The Kier molecular flexibility index (Phi) is 2.72. The third-order valence-corrected chi connectivity index (χ3v) is 4.09. The molecule has 0 amide bonds. The number of halogens is 1. The fourth-order valence-electron chi connectivity index (χ4n) is 1.79. The van der Waals surface area contributed by atoms with E-state index >= 15 is 0 Å². The van der Waals surface area contributed by atoms with Crippen LogP contribution in [0.3, 0.4) is 0 Å². The molecule has 0 aliphatic heterocycles. The number of thiazole rings is 1. The van der Waals surface area contributed by atoms with Crippen molar-refractivity contribution in [3.05, 3.63) is 35.1 Å². The van der Waals surface area contributed by atoms with Crippen molar-refractivity contribution in [1.82, 2.24) is 9.38 Å². The van der Waals surface area contributed by atoms with E-state index in [1.165, 1.54) is 11.3 Å². The number of fused-ring (bicyclic) bond motifs is 3. The standard InChI is InChI=1S/C12H9ClN2O2S/c1-2-17-11(16)8-6-15-9-5-3-4-7(13)10(9)18-12(15)14-8/h3-6H,2H2,1H3. The first kappa shape index (κ1) is 11.5. The number of nitrogens with zero attached hydrogens (tertiary/aromatic N) is 2. The predicted molar refractivity (Wildman–Crippen MR) is 71.5 cm³/mol. The van der Waals surface area contributed by atoms with Crippen molar-refractivity contribution >= 4 is 44.1 Å². The summed E-state index contributed by atoms with van der Waals surface area (Å²) >= 11 is 7.57. The van der Waals surface area contributed by atoms with Gasteiger partial charge in [-0.05, 0) is 19.1 Å². The second-order valence-electron chi connectivity index (χ2n) is 3.69. The molecule has 0 fully saturated rings. The van der Waals surface area contributed by atoms with Crippen LogP contribution in [0.1, 0.15) is 17.4 Å². The molecule has 0 saturated carbocycles. The smallest absolute Gasteiger partial charge is 0.358 e. The Hall–Kier alpha value is -1.59. The number of hydrogen-bond acceptors (Lipinski definition) is 4. The third-order valence-electron chi connectivity index (χ3n) is 2.56. The predicted octanol–water partition coefficient (Wildman–Crippen LogP) is 3.38. The summed E-state index contributed by atoms with van der Waals surface area (Å²) in [6.45, 7) is 2.11. The zero-order chi connectivity index (χ0) is 12.7. The van der Waals surface area contributed by atoms with Crippen LogP contribution in [0.2, 0.25) is 5.02 Å². The number of hydrogen-bond donors (Lipinski definition) is 0. The molecule has 0 aliphatic carbocycles. The third kappa shape index (κ3) is 1.67. The second kappa shape index (κ2) is 4.26. The van der Waals surface area contributed by atoms with Gasteiger partial charge in [-0.2, -0.15) is 0 Å². The molecule has 4 nitrogen and oxygen atoms in total. The van der Waals surface area contributed by atoms with E-state index in [1.807, 2.05) is 22.6 Å². The van der Waals surface area contributed by atoms with Crippen LogP contribution >= 0.6 is 22.9 Å². The van der Waals surface area contributed by atoms with Gasteiger partial charge in [-0.3, -0.25) is 4.40 Å². The Morgan fingerprint density at radius 2 is 2.39 bits per heavy atom. The van der Waals surface area contributed by atoms with E-state index in [-0.39, 0.29) is 0 Å². The summed E-state index contributed by atoms with van der Waals surface area (Å²) in [5, 5.41) is 0.695. The molecule has 3 aromatic rings. The summed E-state index contributed by atoms with van der Waals surface area (Å²) in [5.74, 6) is -0.399. The molecule has 0 bridgehead atoms. The molecular weight excluding hydrogens is 272 g/mol.